The van der Waals surface area contributed by atoms with E-state index in [1.54, 1.807) is 6.07 Å². The van der Waals surface area contributed by atoms with Gasteiger partial charge in [0.05, 0.1) is 18.2 Å². The first kappa shape index (κ1) is 16.1. The molecule has 0 bridgehead atoms. The van der Waals surface area contributed by atoms with Gasteiger partial charge in [-0.2, -0.15) is 5.10 Å². The van der Waals surface area contributed by atoms with Crippen molar-refractivity contribution in [1.82, 2.24) is 15.5 Å². The van der Waals surface area contributed by atoms with Crippen LogP contribution in [-0.2, 0) is 11.2 Å². The van der Waals surface area contributed by atoms with Crippen molar-refractivity contribution < 1.29 is 13.6 Å². The molecule has 1 atom stereocenters. The molecular formula is C16H19F2N3O. The molecule has 118 valence electrons. The van der Waals surface area contributed by atoms with Crippen LogP contribution in [-0.4, -0.2) is 16.1 Å². The van der Waals surface area contributed by atoms with E-state index >= 15 is 0 Å². The Bertz CT molecular complexity index is 655. The Kier molecular flexibility index (Phi) is 5.25. The normalized spacial score (nSPS) is 12.2. The fraction of sp³-hybridized carbons (Fsp3) is 0.375. The van der Waals surface area contributed by atoms with E-state index in [1.807, 2.05) is 13.8 Å². The lowest BCUT2D eigenvalue weighted by atomic mass is 10.0. The largest absolute Gasteiger partial charge is 0.349 e. The molecular weight excluding hydrogens is 288 g/mol. The van der Waals surface area contributed by atoms with Crippen LogP contribution >= 0.6 is 0 Å². The molecule has 0 spiro atoms. The van der Waals surface area contributed by atoms with Gasteiger partial charge in [0.25, 0.3) is 0 Å². The standard InChI is InChI=1S/C16H19F2N3O/c1-3-4-15(13-6-5-11(17)8-14(13)18)19-16(22)9-12-7-10(2)20-21-12/h5-8,15H,3-4,9H2,1-2H3,(H,19,22)(H,20,21). The van der Waals surface area contributed by atoms with E-state index in [-0.39, 0.29) is 12.3 Å². The number of halogens is 2. The second-order valence-electron chi connectivity index (χ2n) is 5.29. The number of H-pyrrole nitrogens is 1. The third-order valence-corrected chi connectivity index (χ3v) is 3.35. The molecule has 1 aromatic heterocycles. The number of nitrogens with zero attached hydrogens (tertiary/aromatic N) is 1. The van der Waals surface area contributed by atoms with Gasteiger partial charge in [0.15, 0.2) is 0 Å². The minimum atomic E-state index is -0.644. The summed E-state index contributed by atoms with van der Waals surface area (Å²) < 4.78 is 26.9. The van der Waals surface area contributed by atoms with Crippen LogP contribution in [0.15, 0.2) is 24.3 Å². The minimum Gasteiger partial charge on any atom is -0.349 e. The van der Waals surface area contributed by atoms with Gasteiger partial charge in [-0.25, -0.2) is 8.78 Å². The Morgan fingerprint density at radius 2 is 2.14 bits per heavy atom. The van der Waals surface area contributed by atoms with Gasteiger partial charge >= 0.3 is 0 Å². The third-order valence-electron chi connectivity index (χ3n) is 3.35. The number of carbonyl (C=O) groups excluding carboxylic acids is 1. The smallest absolute Gasteiger partial charge is 0.226 e. The van der Waals surface area contributed by atoms with Gasteiger partial charge in [-0.1, -0.05) is 19.4 Å². The van der Waals surface area contributed by atoms with Gasteiger partial charge in [-0.15, -0.1) is 0 Å². The van der Waals surface area contributed by atoms with Crippen LogP contribution in [0.5, 0.6) is 0 Å². The Labute approximate surface area is 127 Å². The molecule has 0 fully saturated rings. The lowest BCUT2D eigenvalue weighted by molar-refractivity contribution is -0.121. The second kappa shape index (κ2) is 7.15. The first-order valence-electron chi connectivity index (χ1n) is 7.24. The summed E-state index contributed by atoms with van der Waals surface area (Å²) in [5.74, 6) is -1.52. The SMILES string of the molecule is CCCC(NC(=O)Cc1cc(C)[nH]n1)c1ccc(F)cc1F. The predicted octanol–water partition coefficient (Wildman–Crippen LogP) is 3.20. The number of hydrogen-bond donors (Lipinski definition) is 2. The van der Waals surface area contributed by atoms with Crippen molar-refractivity contribution >= 4 is 5.91 Å². The molecule has 6 heteroatoms. The maximum Gasteiger partial charge on any atom is 0.226 e. The summed E-state index contributed by atoms with van der Waals surface area (Å²) in [6, 6.07) is 4.72. The third kappa shape index (κ3) is 4.13. The van der Waals surface area contributed by atoms with E-state index in [1.165, 1.54) is 12.1 Å². The van der Waals surface area contributed by atoms with Crippen molar-refractivity contribution in [1.29, 1.82) is 0 Å². The summed E-state index contributed by atoms with van der Waals surface area (Å²) in [5.41, 5.74) is 1.80. The number of nitrogens with one attached hydrogen (secondary N) is 2. The zero-order valence-electron chi connectivity index (χ0n) is 12.6. The van der Waals surface area contributed by atoms with Crippen molar-refractivity contribution in [3.05, 3.63) is 52.9 Å². The quantitative estimate of drug-likeness (QED) is 0.861. The average Bonchev–Trinajstić information content (AvgIpc) is 2.83. The number of rotatable bonds is 6. The number of aromatic nitrogens is 2. The van der Waals surface area contributed by atoms with Crippen LogP contribution in [0.4, 0.5) is 8.78 Å². The first-order chi connectivity index (χ1) is 10.5. The van der Waals surface area contributed by atoms with Gasteiger partial charge in [0.2, 0.25) is 5.91 Å². The van der Waals surface area contributed by atoms with E-state index in [0.717, 1.165) is 18.2 Å². The Morgan fingerprint density at radius 1 is 1.36 bits per heavy atom. The van der Waals surface area contributed by atoms with Gasteiger partial charge in [0.1, 0.15) is 11.6 Å². The van der Waals surface area contributed by atoms with Gasteiger partial charge in [-0.3, -0.25) is 9.89 Å². The number of hydrogen-bond acceptors (Lipinski definition) is 2. The highest BCUT2D eigenvalue weighted by Crippen LogP contribution is 2.22. The molecule has 0 aliphatic carbocycles. The Balaban J connectivity index is 2.09. The molecule has 2 N–H and O–H groups in total. The summed E-state index contributed by atoms with van der Waals surface area (Å²) in [5, 5.41) is 9.57. The Morgan fingerprint density at radius 3 is 2.73 bits per heavy atom. The maximum absolute atomic E-state index is 13.9. The van der Waals surface area contributed by atoms with E-state index < -0.39 is 17.7 Å². The van der Waals surface area contributed by atoms with Crippen molar-refractivity contribution in [3.8, 4) is 0 Å². The zero-order chi connectivity index (χ0) is 16.1. The summed E-state index contributed by atoms with van der Waals surface area (Å²) in [7, 11) is 0. The monoisotopic (exact) mass is 307 g/mol. The van der Waals surface area contributed by atoms with E-state index in [9.17, 15) is 13.6 Å². The van der Waals surface area contributed by atoms with Gasteiger partial charge < -0.3 is 5.32 Å². The molecule has 1 heterocycles. The molecule has 0 aliphatic heterocycles. The first-order valence-corrected chi connectivity index (χ1v) is 7.24. The topological polar surface area (TPSA) is 57.8 Å². The van der Waals surface area contributed by atoms with Crippen molar-refractivity contribution in [2.45, 2.75) is 39.2 Å². The fourth-order valence-electron chi connectivity index (χ4n) is 2.35. The number of aromatic amines is 1. The van der Waals surface area contributed by atoms with E-state index in [2.05, 4.69) is 15.5 Å². The predicted molar refractivity (Wildman–Crippen MR) is 79.2 cm³/mol. The highest BCUT2D eigenvalue weighted by molar-refractivity contribution is 5.78. The van der Waals surface area contributed by atoms with Gasteiger partial charge in [0, 0.05) is 17.3 Å². The molecule has 0 saturated carbocycles. The minimum absolute atomic E-state index is 0.118. The lowest BCUT2D eigenvalue weighted by Gasteiger charge is -2.19. The second-order valence-corrected chi connectivity index (χ2v) is 5.29. The zero-order valence-corrected chi connectivity index (χ0v) is 12.6. The van der Waals surface area contributed by atoms with Crippen molar-refractivity contribution in [2.24, 2.45) is 0 Å². The molecule has 2 rings (SSSR count). The van der Waals surface area contributed by atoms with Crippen LogP contribution in [0.3, 0.4) is 0 Å². The number of benzene rings is 1. The molecule has 4 nitrogen and oxygen atoms in total. The summed E-state index contributed by atoms with van der Waals surface area (Å²) in [6.45, 7) is 3.79. The lowest BCUT2D eigenvalue weighted by Crippen LogP contribution is -2.30. The van der Waals surface area contributed by atoms with Crippen LogP contribution in [0.2, 0.25) is 0 Å². The summed E-state index contributed by atoms with van der Waals surface area (Å²) in [4.78, 5) is 12.1. The van der Waals surface area contributed by atoms with E-state index in [0.29, 0.717) is 17.7 Å². The molecule has 2 aromatic rings. The van der Waals surface area contributed by atoms with Crippen LogP contribution in [0, 0.1) is 18.6 Å². The molecule has 0 radical (unpaired) electrons. The Hall–Kier alpha value is -2.24. The highest BCUT2D eigenvalue weighted by Gasteiger charge is 2.18. The van der Waals surface area contributed by atoms with E-state index in [4.69, 9.17) is 0 Å². The van der Waals surface area contributed by atoms with Crippen molar-refractivity contribution in [3.63, 3.8) is 0 Å². The number of aryl methyl sites for hydroxylation is 1. The molecule has 0 saturated heterocycles. The molecule has 1 amide bonds. The van der Waals surface area contributed by atoms with Gasteiger partial charge in [-0.05, 0) is 25.5 Å². The summed E-state index contributed by atoms with van der Waals surface area (Å²) in [6.07, 6.45) is 1.46. The van der Waals surface area contributed by atoms with Crippen LogP contribution in [0.25, 0.3) is 0 Å². The molecule has 1 unspecified atom stereocenters. The fourth-order valence-corrected chi connectivity index (χ4v) is 2.35. The number of carbonyl (C=O) groups is 1. The molecule has 22 heavy (non-hydrogen) atoms. The highest BCUT2D eigenvalue weighted by atomic mass is 19.1. The molecule has 0 aliphatic rings. The molecule has 1 aromatic carbocycles. The van der Waals surface area contributed by atoms with Crippen LogP contribution < -0.4 is 5.32 Å². The average molecular weight is 307 g/mol. The van der Waals surface area contributed by atoms with Crippen LogP contribution in [0.1, 0.15) is 42.8 Å². The number of amides is 1. The summed E-state index contributed by atoms with van der Waals surface area (Å²) >= 11 is 0. The van der Waals surface area contributed by atoms with Crippen molar-refractivity contribution in [2.75, 3.05) is 0 Å². The maximum atomic E-state index is 13.9.